The van der Waals surface area contributed by atoms with E-state index in [9.17, 15) is 0 Å². The number of hydrogen-bond acceptors (Lipinski definition) is 2. The molecule has 2 aromatic heterocycles. The standard InChI is InChI=1S/C45H30N2O/c1-3-14-29(15-4-1)31-20-11-25-40-43(31)34-19-8-10-24-39(34)47(40)41-26-12-22-35-44-33(21-13-27-42(44)48-45(35)41)36-28-38(30-16-5-2-6-17-30)46-37-23-9-7-18-32(36)37/h1-28,32,37H. The fourth-order valence-electron chi connectivity index (χ4n) is 7.86. The second kappa shape index (κ2) is 10.7. The van der Waals surface area contributed by atoms with E-state index in [0.29, 0.717) is 0 Å². The van der Waals surface area contributed by atoms with E-state index in [1.54, 1.807) is 0 Å². The number of hydrogen-bond donors (Lipinski definition) is 0. The Morgan fingerprint density at radius 2 is 1.23 bits per heavy atom. The molecule has 0 bridgehead atoms. The first-order valence-corrected chi connectivity index (χ1v) is 16.6. The lowest BCUT2D eigenvalue weighted by atomic mass is 9.80. The molecule has 8 aromatic rings. The molecule has 2 atom stereocenters. The molecule has 3 nitrogen and oxygen atoms in total. The maximum absolute atomic E-state index is 6.89. The van der Waals surface area contributed by atoms with Gasteiger partial charge in [0.25, 0.3) is 0 Å². The molecule has 6 aromatic carbocycles. The van der Waals surface area contributed by atoms with E-state index < -0.39 is 0 Å². The van der Waals surface area contributed by atoms with Crippen LogP contribution in [0, 0.1) is 5.92 Å². The highest BCUT2D eigenvalue weighted by atomic mass is 16.3. The predicted octanol–water partition coefficient (Wildman–Crippen LogP) is 11.3. The maximum atomic E-state index is 6.89. The minimum Gasteiger partial charge on any atom is -0.454 e. The molecule has 3 heteroatoms. The van der Waals surface area contributed by atoms with Crippen LogP contribution < -0.4 is 0 Å². The van der Waals surface area contributed by atoms with Crippen LogP contribution in [0.1, 0.15) is 11.1 Å². The molecule has 1 aliphatic heterocycles. The first kappa shape index (κ1) is 27.0. The highest BCUT2D eigenvalue weighted by Gasteiger charge is 2.30. The Morgan fingerprint density at radius 3 is 2.10 bits per heavy atom. The SMILES string of the molecule is C1=CC2N=C(c3ccccc3)C=C(c3cccc4oc5c(-n6c7ccccc7c7c(-c8ccccc8)cccc76)cccc5c34)C2C=C1. The van der Waals surface area contributed by atoms with E-state index >= 15 is 0 Å². The van der Waals surface area contributed by atoms with E-state index in [-0.39, 0.29) is 12.0 Å². The molecule has 48 heavy (non-hydrogen) atoms. The van der Waals surface area contributed by atoms with Gasteiger partial charge in [0.15, 0.2) is 5.58 Å². The summed E-state index contributed by atoms with van der Waals surface area (Å²) in [6.45, 7) is 0. The Kier molecular flexibility index (Phi) is 6.00. The van der Waals surface area contributed by atoms with Crippen LogP contribution in [0.4, 0.5) is 0 Å². The molecule has 0 fully saturated rings. The van der Waals surface area contributed by atoms with Crippen molar-refractivity contribution in [2.75, 3.05) is 0 Å². The summed E-state index contributed by atoms with van der Waals surface area (Å²) >= 11 is 0. The van der Waals surface area contributed by atoms with Gasteiger partial charge in [-0.1, -0.05) is 140 Å². The van der Waals surface area contributed by atoms with Gasteiger partial charge in [-0.25, -0.2) is 0 Å². The van der Waals surface area contributed by atoms with Crippen molar-refractivity contribution in [1.29, 1.82) is 0 Å². The predicted molar refractivity (Wildman–Crippen MR) is 200 cm³/mol. The third kappa shape index (κ3) is 4.04. The number of aliphatic imine (C=N–C) groups is 1. The monoisotopic (exact) mass is 614 g/mol. The molecule has 10 rings (SSSR count). The van der Waals surface area contributed by atoms with Crippen LogP contribution in [0.15, 0.2) is 179 Å². The van der Waals surface area contributed by atoms with Crippen molar-refractivity contribution in [3.63, 3.8) is 0 Å². The quantitative estimate of drug-likeness (QED) is 0.194. The summed E-state index contributed by atoms with van der Waals surface area (Å²) < 4.78 is 9.27. The van der Waals surface area contributed by atoms with Crippen molar-refractivity contribution < 1.29 is 4.42 Å². The first-order valence-electron chi connectivity index (χ1n) is 16.6. The summed E-state index contributed by atoms with van der Waals surface area (Å²) in [5.74, 6) is 0.148. The van der Waals surface area contributed by atoms with Crippen LogP contribution in [0.3, 0.4) is 0 Å². The lowest BCUT2D eigenvalue weighted by molar-refractivity contribution is 0.666. The Morgan fingerprint density at radius 1 is 0.542 bits per heavy atom. The van der Waals surface area contributed by atoms with Crippen LogP contribution in [-0.4, -0.2) is 16.3 Å². The molecule has 0 saturated carbocycles. The number of benzene rings is 6. The molecule has 0 amide bonds. The fourth-order valence-corrected chi connectivity index (χ4v) is 7.86. The number of furan rings is 1. The third-order valence-electron chi connectivity index (χ3n) is 9.95. The van der Waals surface area contributed by atoms with Gasteiger partial charge >= 0.3 is 0 Å². The van der Waals surface area contributed by atoms with Crippen molar-refractivity contribution in [1.82, 2.24) is 4.57 Å². The van der Waals surface area contributed by atoms with Gasteiger partial charge in [0.1, 0.15) is 5.58 Å². The van der Waals surface area contributed by atoms with E-state index in [0.717, 1.165) is 49.9 Å². The van der Waals surface area contributed by atoms with Crippen LogP contribution in [0.25, 0.3) is 66.1 Å². The Hall–Kier alpha value is -6.19. The minimum absolute atomic E-state index is 0.0469. The number of aromatic nitrogens is 1. The van der Waals surface area contributed by atoms with E-state index in [1.807, 2.05) is 0 Å². The molecule has 2 aliphatic rings. The highest BCUT2D eigenvalue weighted by molar-refractivity contribution is 6.20. The molecule has 0 radical (unpaired) electrons. The molecule has 0 spiro atoms. The number of allylic oxidation sites excluding steroid dienone is 3. The lowest BCUT2D eigenvalue weighted by Gasteiger charge is -2.29. The second-order valence-corrected chi connectivity index (χ2v) is 12.6. The minimum atomic E-state index is 0.0469. The first-order chi connectivity index (χ1) is 23.8. The largest absolute Gasteiger partial charge is 0.454 e. The zero-order chi connectivity index (χ0) is 31.6. The second-order valence-electron chi connectivity index (χ2n) is 12.6. The molecule has 0 saturated heterocycles. The third-order valence-corrected chi connectivity index (χ3v) is 9.95. The molecule has 0 N–H and O–H groups in total. The van der Waals surface area contributed by atoms with Crippen molar-refractivity contribution in [3.05, 3.63) is 181 Å². The van der Waals surface area contributed by atoms with Gasteiger partial charge in [-0.3, -0.25) is 4.99 Å². The van der Waals surface area contributed by atoms with Gasteiger partial charge in [-0.2, -0.15) is 0 Å². The summed E-state index contributed by atoms with van der Waals surface area (Å²) in [6, 6.07) is 49.6. The molecular weight excluding hydrogens is 585 g/mol. The van der Waals surface area contributed by atoms with Gasteiger partial charge in [0, 0.05) is 27.5 Å². The zero-order valence-electron chi connectivity index (χ0n) is 26.1. The van der Waals surface area contributed by atoms with Crippen molar-refractivity contribution >= 4 is 55.0 Å². The topological polar surface area (TPSA) is 30.4 Å². The summed E-state index contributed by atoms with van der Waals surface area (Å²) in [7, 11) is 0. The Bertz CT molecular complexity index is 2670. The van der Waals surface area contributed by atoms with E-state index in [1.165, 1.54) is 33.0 Å². The van der Waals surface area contributed by atoms with Gasteiger partial charge in [0.05, 0.1) is 28.5 Å². The molecule has 2 unspecified atom stereocenters. The number of rotatable bonds is 4. The van der Waals surface area contributed by atoms with Gasteiger partial charge in [-0.05, 0) is 58.2 Å². The van der Waals surface area contributed by atoms with Crippen molar-refractivity contribution in [2.24, 2.45) is 10.9 Å². The number of dihydropyridines is 1. The highest BCUT2D eigenvalue weighted by Crippen LogP contribution is 2.44. The van der Waals surface area contributed by atoms with Gasteiger partial charge < -0.3 is 8.98 Å². The smallest absolute Gasteiger partial charge is 0.159 e. The summed E-state index contributed by atoms with van der Waals surface area (Å²) in [6.07, 6.45) is 11.1. The number of fused-ring (bicyclic) bond motifs is 7. The van der Waals surface area contributed by atoms with Crippen LogP contribution in [-0.2, 0) is 0 Å². The summed E-state index contributed by atoms with van der Waals surface area (Å²) in [5.41, 5.74) is 12.2. The average molecular weight is 615 g/mol. The Labute approximate surface area is 278 Å². The van der Waals surface area contributed by atoms with Gasteiger partial charge in [0.2, 0.25) is 0 Å². The molecule has 3 heterocycles. The van der Waals surface area contributed by atoms with Crippen molar-refractivity contribution in [3.8, 4) is 16.8 Å². The Balaban J connectivity index is 1.23. The fraction of sp³-hybridized carbons (Fsp3) is 0.0444. The lowest BCUT2D eigenvalue weighted by Crippen LogP contribution is -2.24. The molecule has 226 valence electrons. The molecular formula is C45H30N2O. The maximum Gasteiger partial charge on any atom is 0.159 e. The summed E-state index contributed by atoms with van der Waals surface area (Å²) in [5, 5.41) is 4.72. The van der Waals surface area contributed by atoms with Crippen molar-refractivity contribution in [2.45, 2.75) is 6.04 Å². The average Bonchev–Trinajstić information content (AvgIpc) is 3.71. The molecule has 1 aliphatic carbocycles. The number of nitrogens with zero attached hydrogens (tertiary/aromatic N) is 2. The van der Waals surface area contributed by atoms with E-state index in [4.69, 9.17) is 9.41 Å². The van der Waals surface area contributed by atoms with Crippen LogP contribution in [0.2, 0.25) is 0 Å². The number of para-hydroxylation sites is 2. The zero-order valence-corrected chi connectivity index (χ0v) is 26.1. The van der Waals surface area contributed by atoms with E-state index in [2.05, 4.69) is 174 Å². The summed E-state index contributed by atoms with van der Waals surface area (Å²) in [4.78, 5) is 5.19. The van der Waals surface area contributed by atoms with Gasteiger partial charge in [-0.15, -0.1) is 0 Å². The normalized spacial score (nSPS) is 17.2. The van der Waals surface area contributed by atoms with Crippen LogP contribution in [0.5, 0.6) is 0 Å². The van der Waals surface area contributed by atoms with Crippen LogP contribution >= 0.6 is 0 Å².